The fourth-order valence-electron chi connectivity index (χ4n) is 1.63. The Hall–Kier alpha value is -1.52. The lowest BCUT2D eigenvalue weighted by molar-refractivity contribution is 0.0730. The number of benzene rings is 2. The van der Waals surface area contributed by atoms with Crippen molar-refractivity contribution in [3.8, 4) is 11.5 Å². The molecule has 0 aliphatic carbocycles. The van der Waals surface area contributed by atoms with Gasteiger partial charge in [0.25, 0.3) is 0 Å². The van der Waals surface area contributed by atoms with Crippen LogP contribution in [0, 0.1) is 0 Å². The lowest BCUT2D eigenvalue weighted by Crippen LogP contribution is -2.11. The SMILES string of the molecule is CCOc1ccc(Br)cc1C(=O)Oc1ccccc1Cl. The second-order valence-electron chi connectivity index (χ2n) is 3.89. The summed E-state index contributed by atoms with van der Waals surface area (Å²) in [6, 6.07) is 12.0. The third kappa shape index (κ3) is 3.52. The summed E-state index contributed by atoms with van der Waals surface area (Å²) < 4.78 is 11.5. The summed E-state index contributed by atoms with van der Waals surface area (Å²) in [5, 5.41) is 0.383. The molecule has 5 heteroatoms. The van der Waals surface area contributed by atoms with E-state index in [1.165, 1.54) is 0 Å². The molecule has 0 amide bonds. The normalized spacial score (nSPS) is 10.2. The van der Waals surface area contributed by atoms with Gasteiger partial charge in [-0.25, -0.2) is 4.79 Å². The van der Waals surface area contributed by atoms with E-state index < -0.39 is 5.97 Å². The van der Waals surface area contributed by atoms with Crippen molar-refractivity contribution < 1.29 is 14.3 Å². The predicted octanol–water partition coefficient (Wildman–Crippen LogP) is 4.72. The molecule has 0 aliphatic heterocycles. The molecule has 0 spiro atoms. The van der Waals surface area contributed by atoms with Gasteiger partial charge in [0.15, 0.2) is 0 Å². The number of halogens is 2. The fraction of sp³-hybridized carbons (Fsp3) is 0.133. The number of hydrogen-bond acceptors (Lipinski definition) is 3. The van der Waals surface area contributed by atoms with Gasteiger partial charge in [-0.15, -0.1) is 0 Å². The van der Waals surface area contributed by atoms with Crippen molar-refractivity contribution in [1.29, 1.82) is 0 Å². The molecule has 0 unspecified atom stereocenters. The first-order valence-electron chi connectivity index (χ1n) is 6.01. The van der Waals surface area contributed by atoms with E-state index in [1.54, 1.807) is 42.5 Å². The maximum atomic E-state index is 12.2. The molecule has 0 bridgehead atoms. The minimum atomic E-state index is -0.511. The van der Waals surface area contributed by atoms with Crippen LogP contribution in [0.15, 0.2) is 46.9 Å². The lowest BCUT2D eigenvalue weighted by Gasteiger charge is -2.11. The maximum Gasteiger partial charge on any atom is 0.347 e. The lowest BCUT2D eigenvalue weighted by atomic mass is 10.2. The van der Waals surface area contributed by atoms with Gasteiger partial charge in [-0.2, -0.15) is 0 Å². The molecule has 104 valence electrons. The van der Waals surface area contributed by atoms with Crippen LogP contribution < -0.4 is 9.47 Å². The summed E-state index contributed by atoms with van der Waals surface area (Å²) in [4.78, 5) is 12.2. The van der Waals surface area contributed by atoms with Crippen molar-refractivity contribution in [1.82, 2.24) is 0 Å². The van der Waals surface area contributed by atoms with Crippen LogP contribution in [0.5, 0.6) is 11.5 Å². The minimum absolute atomic E-state index is 0.321. The van der Waals surface area contributed by atoms with Crippen LogP contribution in [0.25, 0.3) is 0 Å². The molecule has 0 saturated heterocycles. The first kappa shape index (κ1) is 14.9. The van der Waals surface area contributed by atoms with Crippen molar-refractivity contribution >= 4 is 33.5 Å². The molecule has 0 N–H and O–H groups in total. The van der Waals surface area contributed by atoms with E-state index in [0.29, 0.717) is 28.7 Å². The van der Waals surface area contributed by atoms with Crippen LogP contribution in [0.4, 0.5) is 0 Å². The van der Waals surface area contributed by atoms with Gasteiger partial charge in [0.2, 0.25) is 0 Å². The molecule has 0 atom stereocenters. The zero-order chi connectivity index (χ0) is 14.5. The number of carbonyl (C=O) groups is 1. The molecule has 2 rings (SSSR count). The Morgan fingerprint density at radius 2 is 1.95 bits per heavy atom. The topological polar surface area (TPSA) is 35.5 Å². The number of rotatable bonds is 4. The smallest absolute Gasteiger partial charge is 0.347 e. The van der Waals surface area contributed by atoms with Gasteiger partial charge in [-0.05, 0) is 37.3 Å². The first-order valence-corrected chi connectivity index (χ1v) is 7.18. The molecule has 2 aromatic rings. The Morgan fingerprint density at radius 1 is 1.20 bits per heavy atom. The van der Waals surface area contributed by atoms with Crippen molar-refractivity contribution in [2.45, 2.75) is 6.92 Å². The first-order chi connectivity index (χ1) is 9.61. The number of para-hydroxylation sites is 1. The highest BCUT2D eigenvalue weighted by molar-refractivity contribution is 9.10. The molecular weight excluding hydrogens is 344 g/mol. The molecule has 0 fully saturated rings. The van der Waals surface area contributed by atoms with E-state index >= 15 is 0 Å². The second-order valence-corrected chi connectivity index (χ2v) is 5.22. The van der Waals surface area contributed by atoms with Crippen LogP contribution in [0.3, 0.4) is 0 Å². The Balaban J connectivity index is 2.29. The Kier molecular flexibility index (Phi) is 5.04. The third-order valence-corrected chi connectivity index (χ3v) is 3.31. The maximum absolute atomic E-state index is 12.2. The highest BCUT2D eigenvalue weighted by atomic mass is 79.9. The summed E-state index contributed by atoms with van der Waals surface area (Å²) in [7, 11) is 0. The summed E-state index contributed by atoms with van der Waals surface area (Å²) in [5.74, 6) is 0.289. The zero-order valence-corrected chi connectivity index (χ0v) is 13.1. The molecule has 0 saturated carbocycles. The van der Waals surface area contributed by atoms with Gasteiger partial charge in [0, 0.05) is 4.47 Å². The van der Waals surface area contributed by atoms with Crippen molar-refractivity contribution in [2.24, 2.45) is 0 Å². The highest BCUT2D eigenvalue weighted by Crippen LogP contribution is 2.28. The molecule has 2 aromatic carbocycles. The van der Waals surface area contributed by atoms with Gasteiger partial charge < -0.3 is 9.47 Å². The van der Waals surface area contributed by atoms with Gasteiger partial charge >= 0.3 is 5.97 Å². The number of hydrogen-bond donors (Lipinski definition) is 0. The number of esters is 1. The molecule has 0 radical (unpaired) electrons. The van der Waals surface area contributed by atoms with Crippen LogP contribution in [-0.2, 0) is 0 Å². The van der Waals surface area contributed by atoms with E-state index in [1.807, 2.05) is 6.92 Å². The van der Waals surface area contributed by atoms with E-state index in [0.717, 1.165) is 4.47 Å². The van der Waals surface area contributed by atoms with Gasteiger partial charge in [-0.1, -0.05) is 39.7 Å². The van der Waals surface area contributed by atoms with Crippen molar-refractivity contribution in [3.05, 3.63) is 57.5 Å². The number of carbonyl (C=O) groups excluding carboxylic acids is 1. The molecule has 0 aliphatic rings. The summed E-state index contributed by atoms with van der Waals surface area (Å²) in [6.45, 7) is 2.32. The molecule has 0 heterocycles. The fourth-order valence-corrected chi connectivity index (χ4v) is 2.16. The van der Waals surface area contributed by atoms with E-state index in [-0.39, 0.29) is 0 Å². The van der Waals surface area contributed by atoms with E-state index in [2.05, 4.69) is 15.9 Å². The average molecular weight is 356 g/mol. The summed E-state index contributed by atoms with van der Waals surface area (Å²) in [6.07, 6.45) is 0. The number of ether oxygens (including phenoxy) is 2. The predicted molar refractivity (Wildman–Crippen MR) is 81.7 cm³/mol. The standard InChI is InChI=1S/C15H12BrClO3/c1-2-19-13-8-7-10(16)9-11(13)15(18)20-14-6-4-3-5-12(14)17/h3-9H,2H2,1H3. The van der Waals surface area contributed by atoms with Crippen molar-refractivity contribution in [2.75, 3.05) is 6.61 Å². The summed E-state index contributed by atoms with van der Waals surface area (Å²) >= 11 is 9.30. The van der Waals surface area contributed by atoms with Gasteiger partial charge in [0.1, 0.15) is 17.1 Å². The largest absolute Gasteiger partial charge is 0.493 e. The summed E-state index contributed by atoms with van der Waals surface area (Å²) in [5.41, 5.74) is 0.348. The zero-order valence-electron chi connectivity index (χ0n) is 10.7. The average Bonchev–Trinajstić information content (AvgIpc) is 2.43. The Morgan fingerprint density at radius 3 is 2.65 bits per heavy atom. The quantitative estimate of drug-likeness (QED) is 0.588. The third-order valence-electron chi connectivity index (χ3n) is 2.50. The molecule has 3 nitrogen and oxygen atoms in total. The molecule has 0 aromatic heterocycles. The van der Waals surface area contributed by atoms with E-state index in [4.69, 9.17) is 21.1 Å². The van der Waals surface area contributed by atoms with Crippen LogP contribution in [0.1, 0.15) is 17.3 Å². The van der Waals surface area contributed by atoms with Crippen LogP contribution in [-0.4, -0.2) is 12.6 Å². The van der Waals surface area contributed by atoms with E-state index in [9.17, 15) is 4.79 Å². The van der Waals surface area contributed by atoms with Crippen molar-refractivity contribution in [3.63, 3.8) is 0 Å². The highest BCUT2D eigenvalue weighted by Gasteiger charge is 2.16. The Labute approximate surface area is 130 Å². The minimum Gasteiger partial charge on any atom is -0.493 e. The second kappa shape index (κ2) is 6.77. The van der Waals surface area contributed by atoms with Crippen LogP contribution in [0.2, 0.25) is 5.02 Å². The Bertz CT molecular complexity index is 628. The van der Waals surface area contributed by atoms with Gasteiger partial charge in [0.05, 0.1) is 11.6 Å². The molecular formula is C15H12BrClO3. The van der Waals surface area contributed by atoms with Gasteiger partial charge in [-0.3, -0.25) is 0 Å². The molecule has 20 heavy (non-hydrogen) atoms. The van der Waals surface area contributed by atoms with Crippen LogP contribution >= 0.6 is 27.5 Å². The monoisotopic (exact) mass is 354 g/mol.